The SMILES string of the molecule is O=C(Cc1ccccc1Br)NCC1CC2CCC(C1)N2. The summed E-state index contributed by atoms with van der Waals surface area (Å²) in [6.45, 7) is 0.831. The standard InChI is InChI=1S/C16H21BrN2O/c17-15-4-2-1-3-12(15)9-16(20)18-10-11-7-13-5-6-14(8-11)19-13/h1-4,11,13-14,19H,5-10H2,(H,18,20). The highest BCUT2D eigenvalue weighted by Gasteiger charge is 2.33. The van der Waals surface area contributed by atoms with Crippen LogP contribution in [0.1, 0.15) is 31.2 Å². The third-order valence-corrected chi connectivity index (χ3v) is 5.24. The second kappa shape index (κ2) is 6.27. The van der Waals surface area contributed by atoms with Crippen molar-refractivity contribution in [2.45, 2.75) is 44.2 Å². The average Bonchev–Trinajstić information content (AvgIpc) is 2.78. The first-order valence-corrected chi connectivity index (χ1v) is 8.26. The number of hydrogen-bond donors (Lipinski definition) is 2. The lowest BCUT2D eigenvalue weighted by molar-refractivity contribution is -0.120. The summed E-state index contributed by atoms with van der Waals surface area (Å²) in [5.41, 5.74) is 1.05. The zero-order valence-corrected chi connectivity index (χ0v) is 13.2. The van der Waals surface area contributed by atoms with Crippen molar-refractivity contribution in [2.24, 2.45) is 5.92 Å². The van der Waals surface area contributed by atoms with E-state index in [4.69, 9.17) is 0 Å². The molecule has 0 aromatic heterocycles. The Labute approximate surface area is 128 Å². The Balaban J connectivity index is 1.47. The van der Waals surface area contributed by atoms with E-state index in [1.807, 2.05) is 24.3 Å². The lowest BCUT2D eigenvalue weighted by atomic mass is 9.92. The Morgan fingerprint density at radius 3 is 2.65 bits per heavy atom. The summed E-state index contributed by atoms with van der Waals surface area (Å²) in [4.78, 5) is 12.0. The van der Waals surface area contributed by atoms with Gasteiger partial charge in [0, 0.05) is 23.1 Å². The molecule has 1 aromatic carbocycles. The Hall–Kier alpha value is -0.870. The smallest absolute Gasteiger partial charge is 0.224 e. The number of benzene rings is 1. The molecule has 108 valence electrons. The number of hydrogen-bond acceptors (Lipinski definition) is 2. The van der Waals surface area contributed by atoms with Crippen LogP contribution < -0.4 is 10.6 Å². The van der Waals surface area contributed by atoms with Crippen LogP contribution in [0, 0.1) is 5.92 Å². The Bertz CT molecular complexity index is 479. The summed E-state index contributed by atoms with van der Waals surface area (Å²) in [7, 11) is 0. The molecule has 1 amide bonds. The van der Waals surface area contributed by atoms with Crippen LogP contribution in [0.2, 0.25) is 0 Å². The van der Waals surface area contributed by atoms with Gasteiger partial charge in [-0.3, -0.25) is 4.79 Å². The molecule has 20 heavy (non-hydrogen) atoms. The van der Waals surface area contributed by atoms with Crippen molar-refractivity contribution < 1.29 is 4.79 Å². The molecule has 3 rings (SSSR count). The predicted octanol–water partition coefficient (Wildman–Crippen LogP) is 2.64. The Morgan fingerprint density at radius 2 is 1.95 bits per heavy atom. The maximum atomic E-state index is 12.0. The number of nitrogens with one attached hydrogen (secondary N) is 2. The van der Waals surface area contributed by atoms with Gasteiger partial charge < -0.3 is 10.6 Å². The molecule has 2 heterocycles. The van der Waals surface area contributed by atoms with E-state index in [1.54, 1.807) is 0 Å². The quantitative estimate of drug-likeness (QED) is 0.887. The zero-order chi connectivity index (χ0) is 13.9. The van der Waals surface area contributed by atoms with Gasteiger partial charge in [-0.25, -0.2) is 0 Å². The minimum absolute atomic E-state index is 0.128. The third-order valence-electron chi connectivity index (χ3n) is 4.47. The summed E-state index contributed by atoms with van der Waals surface area (Å²) >= 11 is 3.49. The number of carbonyl (C=O) groups excluding carboxylic acids is 1. The highest BCUT2D eigenvalue weighted by atomic mass is 79.9. The maximum Gasteiger partial charge on any atom is 0.224 e. The van der Waals surface area contributed by atoms with E-state index >= 15 is 0 Å². The van der Waals surface area contributed by atoms with Gasteiger partial charge in [-0.05, 0) is 43.2 Å². The van der Waals surface area contributed by atoms with Crippen LogP contribution in [-0.4, -0.2) is 24.5 Å². The van der Waals surface area contributed by atoms with Crippen molar-refractivity contribution in [1.82, 2.24) is 10.6 Å². The number of fused-ring (bicyclic) bond motifs is 2. The Morgan fingerprint density at radius 1 is 1.25 bits per heavy atom. The molecule has 0 spiro atoms. The lowest BCUT2D eigenvalue weighted by Gasteiger charge is -2.29. The molecule has 3 nitrogen and oxygen atoms in total. The molecule has 2 aliphatic rings. The fourth-order valence-electron chi connectivity index (χ4n) is 3.48. The van der Waals surface area contributed by atoms with Crippen LogP contribution in [0.3, 0.4) is 0 Å². The minimum Gasteiger partial charge on any atom is -0.356 e. The van der Waals surface area contributed by atoms with Gasteiger partial charge in [-0.2, -0.15) is 0 Å². The fourth-order valence-corrected chi connectivity index (χ4v) is 3.90. The van der Waals surface area contributed by atoms with E-state index in [-0.39, 0.29) is 5.91 Å². The van der Waals surface area contributed by atoms with Gasteiger partial charge in [-0.15, -0.1) is 0 Å². The predicted molar refractivity (Wildman–Crippen MR) is 83.5 cm³/mol. The first-order chi connectivity index (χ1) is 9.70. The Kier molecular flexibility index (Phi) is 4.41. The topological polar surface area (TPSA) is 41.1 Å². The lowest BCUT2D eigenvalue weighted by Crippen LogP contribution is -2.42. The van der Waals surface area contributed by atoms with E-state index in [9.17, 15) is 4.79 Å². The van der Waals surface area contributed by atoms with Gasteiger partial charge in [0.05, 0.1) is 6.42 Å². The van der Waals surface area contributed by atoms with E-state index in [1.165, 1.54) is 25.7 Å². The summed E-state index contributed by atoms with van der Waals surface area (Å²) in [5.74, 6) is 0.777. The zero-order valence-electron chi connectivity index (χ0n) is 11.6. The molecule has 0 radical (unpaired) electrons. The van der Waals surface area contributed by atoms with E-state index in [0.717, 1.165) is 16.6 Å². The van der Waals surface area contributed by atoms with Crippen molar-refractivity contribution in [3.8, 4) is 0 Å². The number of piperidine rings is 1. The minimum atomic E-state index is 0.128. The van der Waals surface area contributed by atoms with Gasteiger partial charge >= 0.3 is 0 Å². The van der Waals surface area contributed by atoms with Crippen LogP contribution >= 0.6 is 15.9 Å². The summed E-state index contributed by atoms with van der Waals surface area (Å²) in [6.07, 6.45) is 5.51. The van der Waals surface area contributed by atoms with E-state index in [0.29, 0.717) is 24.4 Å². The summed E-state index contributed by atoms with van der Waals surface area (Å²) in [6, 6.07) is 9.30. The fraction of sp³-hybridized carbons (Fsp3) is 0.562. The maximum absolute atomic E-state index is 12.0. The molecule has 1 aromatic rings. The first kappa shape index (κ1) is 14.1. The van der Waals surface area contributed by atoms with E-state index < -0.39 is 0 Å². The molecule has 0 saturated carbocycles. The highest BCUT2D eigenvalue weighted by molar-refractivity contribution is 9.10. The normalized spacial score (nSPS) is 28.4. The molecule has 0 aliphatic carbocycles. The van der Waals surface area contributed by atoms with Crippen molar-refractivity contribution in [1.29, 1.82) is 0 Å². The van der Waals surface area contributed by atoms with Crippen LogP contribution in [-0.2, 0) is 11.2 Å². The van der Waals surface area contributed by atoms with Crippen LogP contribution in [0.4, 0.5) is 0 Å². The second-order valence-corrected chi connectivity index (χ2v) is 6.90. The monoisotopic (exact) mass is 336 g/mol. The number of amides is 1. The molecular formula is C16H21BrN2O. The van der Waals surface area contributed by atoms with Gasteiger partial charge in [0.25, 0.3) is 0 Å². The van der Waals surface area contributed by atoms with Crippen molar-refractivity contribution in [2.75, 3.05) is 6.54 Å². The van der Waals surface area contributed by atoms with Crippen molar-refractivity contribution in [3.63, 3.8) is 0 Å². The third kappa shape index (κ3) is 3.41. The van der Waals surface area contributed by atoms with Gasteiger partial charge in [0.15, 0.2) is 0 Å². The molecule has 4 heteroatoms. The average molecular weight is 337 g/mol. The molecule has 2 saturated heterocycles. The van der Waals surface area contributed by atoms with Crippen molar-refractivity contribution >= 4 is 21.8 Å². The van der Waals surface area contributed by atoms with E-state index in [2.05, 4.69) is 26.6 Å². The van der Waals surface area contributed by atoms with Gasteiger partial charge in [0.2, 0.25) is 5.91 Å². The van der Waals surface area contributed by atoms with Gasteiger partial charge in [0.1, 0.15) is 0 Å². The van der Waals surface area contributed by atoms with Crippen LogP contribution in [0.25, 0.3) is 0 Å². The van der Waals surface area contributed by atoms with Gasteiger partial charge in [-0.1, -0.05) is 34.1 Å². The molecule has 2 bridgehead atoms. The number of carbonyl (C=O) groups is 1. The molecule has 2 aliphatic heterocycles. The van der Waals surface area contributed by atoms with Crippen LogP contribution in [0.5, 0.6) is 0 Å². The second-order valence-electron chi connectivity index (χ2n) is 6.05. The van der Waals surface area contributed by atoms with Crippen molar-refractivity contribution in [3.05, 3.63) is 34.3 Å². The molecule has 2 unspecified atom stereocenters. The number of rotatable bonds is 4. The molecular weight excluding hydrogens is 316 g/mol. The van der Waals surface area contributed by atoms with Crippen LogP contribution in [0.15, 0.2) is 28.7 Å². The molecule has 2 atom stereocenters. The first-order valence-electron chi connectivity index (χ1n) is 7.47. The summed E-state index contributed by atoms with van der Waals surface area (Å²) < 4.78 is 1.01. The molecule has 2 N–H and O–H groups in total. The largest absolute Gasteiger partial charge is 0.356 e. The molecule has 2 fully saturated rings. The summed E-state index contributed by atoms with van der Waals surface area (Å²) in [5, 5.41) is 6.75. The number of halogens is 1. The highest BCUT2D eigenvalue weighted by Crippen LogP contribution is 2.30.